The Hall–Kier alpha value is -3.35. The fourth-order valence-corrected chi connectivity index (χ4v) is 4.77. The maximum Gasteiger partial charge on any atom is 0.336 e. The predicted octanol–water partition coefficient (Wildman–Crippen LogP) is 4.69. The first-order valence-corrected chi connectivity index (χ1v) is 11.4. The van der Waals surface area contributed by atoms with Crippen molar-refractivity contribution in [2.24, 2.45) is 0 Å². The number of nitrogens with one attached hydrogen (secondary N) is 1. The number of nitrogens with zero attached hydrogens (tertiary/aromatic N) is 1. The minimum atomic E-state index is -0.470. The first-order valence-electron chi connectivity index (χ1n) is 11.4. The number of carbonyl (C=O) groups excluding carboxylic acids is 2. The molecule has 0 unspecified atom stereocenters. The van der Waals surface area contributed by atoms with Crippen molar-refractivity contribution >= 4 is 17.6 Å². The van der Waals surface area contributed by atoms with Gasteiger partial charge in [-0.3, -0.25) is 0 Å². The van der Waals surface area contributed by atoms with E-state index < -0.39 is 11.8 Å². The fraction of sp³-hybridized carbons (Fsp3) is 0.385. The van der Waals surface area contributed by atoms with E-state index in [1.807, 2.05) is 37.3 Å². The van der Waals surface area contributed by atoms with Crippen LogP contribution in [0.15, 0.2) is 54.1 Å². The number of benzene rings is 2. The molecule has 1 N–H and O–H groups in total. The minimum absolute atomic E-state index is 0.0395. The Labute approximate surface area is 193 Å². The van der Waals surface area contributed by atoms with Gasteiger partial charge in [0, 0.05) is 24.2 Å². The number of rotatable bonds is 7. The molecule has 174 valence electrons. The largest absolute Gasteiger partial charge is 0.488 e. The van der Waals surface area contributed by atoms with Crippen LogP contribution in [0.3, 0.4) is 0 Å². The van der Waals surface area contributed by atoms with Crippen LogP contribution in [0.4, 0.5) is 9.18 Å². The van der Waals surface area contributed by atoms with Crippen LogP contribution in [0, 0.1) is 5.82 Å². The summed E-state index contributed by atoms with van der Waals surface area (Å²) in [6.45, 7) is 2.85. The van der Waals surface area contributed by atoms with E-state index in [-0.39, 0.29) is 24.7 Å². The number of methoxy groups -OCH3 is 1. The highest BCUT2D eigenvalue weighted by Crippen LogP contribution is 2.45. The zero-order valence-corrected chi connectivity index (χ0v) is 19.0. The van der Waals surface area contributed by atoms with Gasteiger partial charge in [0.2, 0.25) is 0 Å². The highest BCUT2D eigenvalue weighted by Gasteiger charge is 2.47. The van der Waals surface area contributed by atoms with E-state index in [2.05, 4.69) is 5.32 Å². The summed E-state index contributed by atoms with van der Waals surface area (Å²) in [5.74, 6) is -0.512. The zero-order chi connectivity index (χ0) is 23.4. The van der Waals surface area contributed by atoms with Crippen molar-refractivity contribution in [1.82, 2.24) is 10.2 Å². The summed E-state index contributed by atoms with van der Waals surface area (Å²) >= 11 is 0. The fourth-order valence-electron chi connectivity index (χ4n) is 4.77. The second-order valence-corrected chi connectivity index (χ2v) is 8.39. The number of amides is 2. The number of fused-ring (bicyclic) bond motifs is 2. The van der Waals surface area contributed by atoms with Crippen LogP contribution in [0.5, 0.6) is 5.75 Å². The summed E-state index contributed by atoms with van der Waals surface area (Å²) in [4.78, 5) is 27.6. The van der Waals surface area contributed by atoms with Crippen molar-refractivity contribution in [3.63, 3.8) is 0 Å². The third kappa shape index (κ3) is 4.72. The standard InChI is InChI=1S/C26H29FN2O4/c1-3-13-28-26(31)29-19-10-12-22(29)24(25(30)32-2)21(15-19)20-11-9-18(27)14-23(20)33-16-17-7-5-4-6-8-17/h4-9,11,14,19,22H,3,10,12-13,15-16H2,1-2H3,(H,28,31)/t19-,22+/m0/s1. The Kier molecular flexibility index (Phi) is 6.96. The van der Waals surface area contributed by atoms with Crippen molar-refractivity contribution in [1.29, 1.82) is 0 Å². The van der Waals surface area contributed by atoms with E-state index in [9.17, 15) is 14.0 Å². The molecule has 2 aliphatic heterocycles. The van der Waals surface area contributed by atoms with Gasteiger partial charge in [-0.1, -0.05) is 37.3 Å². The molecule has 2 heterocycles. The van der Waals surface area contributed by atoms with E-state index in [1.165, 1.54) is 19.2 Å². The van der Waals surface area contributed by atoms with Gasteiger partial charge in [-0.05, 0) is 49.0 Å². The summed E-state index contributed by atoms with van der Waals surface area (Å²) < 4.78 is 25.3. The molecule has 2 aliphatic rings. The highest BCUT2D eigenvalue weighted by atomic mass is 19.1. The monoisotopic (exact) mass is 452 g/mol. The Morgan fingerprint density at radius 3 is 2.67 bits per heavy atom. The average molecular weight is 453 g/mol. The minimum Gasteiger partial charge on any atom is -0.488 e. The van der Waals surface area contributed by atoms with Crippen LogP contribution < -0.4 is 10.1 Å². The van der Waals surface area contributed by atoms with E-state index >= 15 is 0 Å². The summed E-state index contributed by atoms with van der Waals surface area (Å²) in [5.41, 5.74) is 2.83. The van der Waals surface area contributed by atoms with Crippen molar-refractivity contribution in [3.05, 3.63) is 71.0 Å². The lowest BCUT2D eigenvalue weighted by molar-refractivity contribution is -0.136. The Morgan fingerprint density at radius 1 is 1.15 bits per heavy atom. The van der Waals surface area contributed by atoms with Gasteiger partial charge in [-0.2, -0.15) is 0 Å². The number of esters is 1. The third-order valence-corrected chi connectivity index (χ3v) is 6.27. The normalized spacial score (nSPS) is 19.4. The summed E-state index contributed by atoms with van der Waals surface area (Å²) in [6, 6.07) is 13.4. The molecule has 7 heteroatoms. The van der Waals surface area contributed by atoms with Crippen molar-refractivity contribution < 1.29 is 23.5 Å². The van der Waals surface area contributed by atoms with Crippen LogP contribution in [-0.2, 0) is 16.1 Å². The van der Waals surface area contributed by atoms with E-state index in [4.69, 9.17) is 9.47 Å². The van der Waals surface area contributed by atoms with Gasteiger partial charge in [0.1, 0.15) is 18.2 Å². The summed E-state index contributed by atoms with van der Waals surface area (Å²) in [5, 5.41) is 2.93. The van der Waals surface area contributed by atoms with E-state index in [1.54, 1.807) is 11.0 Å². The van der Waals surface area contributed by atoms with Crippen molar-refractivity contribution in [2.75, 3.05) is 13.7 Å². The molecule has 1 fully saturated rings. The topological polar surface area (TPSA) is 67.9 Å². The molecule has 0 spiro atoms. The maximum atomic E-state index is 14.2. The zero-order valence-electron chi connectivity index (χ0n) is 19.0. The summed E-state index contributed by atoms with van der Waals surface area (Å²) in [6.07, 6.45) is 2.78. The van der Waals surface area contributed by atoms with Crippen LogP contribution >= 0.6 is 0 Å². The van der Waals surface area contributed by atoms with Gasteiger partial charge in [0.15, 0.2) is 0 Å². The van der Waals surface area contributed by atoms with Gasteiger partial charge in [0.05, 0.1) is 18.7 Å². The Balaban J connectivity index is 1.72. The van der Waals surface area contributed by atoms with Crippen LogP contribution in [0.2, 0.25) is 0 Å². The first kappa shape index (κ1) is 22.8. The molecule has 2 aromatic rings. The molecule has 2 amide bonds. The summed E-state index contributed by atoms with van der Waals surface area (Å²) in [7, 11) is 1.34. The lowest BCUT2D eigenvalue weighted by atomic mass is 9.88. The van der Waals surface area contributed by atoms with Gasteiger partial charge in [-0.25, -0.2) is 14.0 Å². The Bertz CT molecular complexity index is 1050. The smallest absolute Gasteiger partial charge is 0.336 e. The van der Waals surface area contributed by atoms with Gasteiger partial charge in [0.25, 0.3) is 0 Å². The van der Waals surface area contributed by atoms with Crippen LogP contribution in [-0.4, -0.2) is 42.6 Å². The molecule has 0 radical (unpaired) electrons. The molecular formula is C26H29FN2O4. The van der Waals surface area contributed by atoms with Gasteiger partial charge >= 0.3 is 12.0 Å². The Morgan fingerprint density at radius 2 is 1.94 bits per heavy atom. The van der Waals surface area contributed by atoms with Crippen molar-refractivity contribution in [3.8, 4) is 5.75 Å². The molecule has 2 atom stereocenters. The first-order chi connectivity index (χ1) is 16.0. The predicted molar refractivity (Wildman–Crippen MR) is 123 cm³/mol. The molecule has 0 aliphatic carbocycles. The van der Waals surface area contributed by atoms with E-state index in [0.29, 0.717) is 36.3 Å². The quantitative estimate of drug-likeness (QED) is 0.619. The van der Waals surface area contributed by atoms with Crippen molar-refractivity contribution in [2.45, 2.75) is 51.3 Å². The van der Waals surface area contributed by atoms with Crippen LogP contribution in [0.1, 0.15) is 43.7 Å². The molecule has 0 aromatic heterocycles. The third-order valence-electron chi connectivity index (χ3n) is 6.27. The molecule has 1 saturated heterocycles. The lowest BCUT2D eigenvalue weighted by Gasteiger charge is -2.37. The number of hydrogen-bond acceptors (Lipinski definition) is 4. The second kappa shape index (κ2) is 10.1. The molecule has 6 nitrogen and oxygen atoms in total. The molecule has 2 bridgehead atoms. The van der Waals surface area contributed by atoms with Gasteiger partial charge < -0.3 is 19.7 Å². The number of halogens is 1. The lowest BCUT2D eigenvalue weighted by Crippen LogP contribution is -2.51. The van der Waals surface area contributed by atoms with Gasteiger partial charge in [-0.15, -0.1) is 0 Å². The molecule has 0 saturated carbocycles. The van der Waals surface area contributed by atoms with Crippen LogP contribution in [0.25, 0.3) is 5.57 Å². The number of urea groups is 1. The maximum absolute atomic E-state index is 14.2. The van der Waals surface area contributed by atoms with E-state index in [0.717, 1.165) is 24.0 Å². The number of ether oxygens (including phenoxy) is 2. The molecular weight excluding hydrogens is 423 g/mol. The SMILES string of the molecule is CCCNC(=O)N1[C@H]2CC[C@@H]1C(C(=O)OC)=C(c1ccc(F)cc1OCc1ccccc1)C2. The average Bonchev–Trinajstić information content (AvgIpc) is 3.15. The molecule has 4 rings (SSSR count). The molecule has 33 heavy (non-hydrogen) atoms. The number of carbonyl (C=O) groups is 2. The second-order valence-electron chi connectivity index (χ2n) is 8.39. The highest BCUT2D eigenvalue weighted by molar-refractivity contribution is 6.01. The number of hydrogen-bond donors (Lipinski definition) is 1. The molecule has 2 aromatic carbocycles.